The first kappa shape index (κ1) is 14.3. The second-order valence-corrected chi connectivity index (χ2v) is 5.51. The van der Waals surface area contributed by atoms with E-state index in [9.17, 15) is 9.65 Å². The lowest BCUT2D eigenvalue weighted by Crippen LogP contribution is -2.02. The van der Waals surface area contributed by atoms with E-state index in [-0.39, 0.29) is 22.6 Å². The lowest BCUT2D eigenvalue weighted by Gasteiger charge is -2.04. The van der Waals surface area contributed by atoms with Gasteiger partial charge in [-0.15, -0.1) is 0 Å². The van der Waals surface area contributed by atoms with E-state index in [0.29, 0.717) is 5.69 Å². The molecule has 0 aliphatic rings. The number of benzene rings is 2. The summed E-state index contributed by atoms with van der Waals surface area (Å²) >= 11 is 3.38. The number of nitrogen functional groups attached to an aromatic ring is 1. The van der Waals surface area contributed by atoms with E-state index in [1.807, 2.05) is 24.3 Å². The minimum absolute atomic E-state index is 0.157. The van der Waals surface area contributed by atoms with Gasteiger partial charge in [-0.25, -0.2) is 9.07 Å². The van der Waals surface area contributed by atoms with Gasteiger partial charge in [0.1, 0.15) is 29.0 Å². The molecular formula is C16H10BrFN4. The lowest BCUT2D eigenvalue weighted by molar-refractivity contribution is 0.630. The van der Waals surface area contributed by atoms with Crippen LogP contribution in [0.25, 0.3) is 16.9 Å². The van der Waals surface area contributed by atoms with Crippen molar-refractivity contribution in [2.45, 2.75) is 0 Å². The van der Waals surface area contributed by atoms with Crippen LogP contribution in [-0.2, 0) is 0 Å². The molecule has 0 aliphatic heterocycles. The van der Waals surface area contributed by atoms with Crippen molar-refractivity contribution in [2.24, 2.45) is 0 Å². The first-order chi connectivity index (χ1) is 10.6. The second-order valence-electron chi connectivity index (χ2n) is 4.59. The van der Waals surface area contributed by atoms with E-state index in [2.05, 4.69) is 21.0 Å². The van der Waals surface area contributed by atoms with Crippen LogP contribution in [0.1, 0.15) is 5.56 Å². The summed E-state index contributed by atoms with van der Waals surface area (Å²) in [5.74, 6) is -0.267. The normalized spacial score (nSPS) is 10.4. The molecule has 4 nitrogen and oxygen atoms in total. The summed E-state index contributed by atoms with van der Waals surface area (Å²) in [6.45, 7) is 0. The molecule has 3 aromatic rings. The maximum atomic E-state index is 14.0. The van der Waals surface area contributed by atoms with Crippen molar-refractivity contribution in [3.63, 3.8) is 0 Å². The highest BCUT2D eigenvalue weighted by atomic mass is 79.9. The van der Waals surface area contributed by atoms with Gasteiger partial charge in [-0.05, 0) is 30.3 Å². The Morgan fingerprint density at radius 3 is 2.64 bits per heavy atom. The van der Waals surface area contributed by atoms with Gasteiger partial charge in [0.05, 0.1) is 5.69 Å². The van der Waals surface area contributed by atoms with Crippen LogP contribution in [0.5, 0.6) is 0 Å². The summed E-state index contributed by atoms with van der Waals surface area (Å²) in [5, 5.41) is 13.7. The Balaban J connectivity index is 2.25. The van der Waals surface area contributed by atoms with Crippen LogP contribution in [0.15, 0.2) is 53.0 Å². The Hall–Kier alpha value is -2.65. The summed E-state index contributed by atoms with van der Waals surface area (Å²) in [5.41, 5.74) is 7.35. The maximum Gasteiger partial charge on any atom is 0.145 e. The highest BCUT2D eigenvalue weighted by molar-refractivity contribution is 9.10. The van der Waals surface area contributed by atoms with Crippen LogP contribution >= 0.6 is 15.9 Å². The van der Waals surface area contributed by atoms with Crippen LogP contribution in [0.2, 0.25) is 0 Å². The number of hydrogen-bond donors (Lipinski definition) is 1. The summed E-state index contributed by atoms with van der Waals surface area (Å²) in [6, 6.07) is 15.5. The zero-order valence-corrected chi connectivity index (χ0v) is 12.9. The van der Waals surface area contributed by atoms with Crippen molar-refractivity contribution in [2.75, 3.05) is 5.73 Å². The third-order valence-corrected chi connectivity index (χ3v) is 3.71. The van der Waals surface area contributed by atoms with E-state index in [0.717, 1.165) is 4.47 Å². The standard InChI is InChI=1S/C16H10BrFN4/c17-10-4-3-5-11(8-10)22-16(20)13(9-19)15(21-22)12-6-1-2-7-14(12)18/h1-8H,20H2. The molecule has 1 heterocycles. The topological polar surface area (TPSA) is 67.6 Å². The number of nitrogens with two attached hydrogens (primary N) is 1. The van der Waals surface area contributed by atoms with Gasteiger partial charge < -0.3 is 5.73 Å². The molecule has 2 aromatic carbocycles. The molecule has 1 aromatic heterocycles. The number of nitriles is 1. The zero-order valence-electron chi connectivity index (χ0n) is 11.3. The largest absolute Gasteiger partial charge is 0.382 e. The molecule has 0 amide bonds. The van der Waals surface area contributed by atoms with Gasteiger partial charge in [-0.1, -0.05) is 34.1 Å². The van der Waals surface area contributed by atoms with Crippen LogP contribution in [0, 0.1) is 17.1 Å². The monoisotopic (exact) mass is 356 g/mol. The fourth-order valence-corrected chi connectivity index (χ4v) is 2.57. The zero-order chi connectivity index (χ0) is 15.7. The molecule has 3 rings (SSSR count). The number of hydrogen-bond acceptors (Lipinski definition) is 3. The summed E-state index contributed by atoms with van der Waals surface area (Å²) in [6.07, 6.45) is 0. The Bertz CT molecular complexity index is 895. The van der Waals surface area contributed by atoms with E-state index in [1.54, 1.807) is 24.3 Å². The number of rotatable bonds is 2. The highest BCUT2D eigenvalue weighted by Crippen LogP contribution is 2.30. The van der Waals surface area contributed by atoms with Gasteiger partial charge in [-0.2, -0.15) is 10.4 Å². The molecule has 0 unspecified atom stereocenters. The third kappa shape index (κ3) is 2.36. The Morgan fingerprint density at radius 1 is 1.18 bits per heavy atom. The smallest absolute Gasteiger partial charge is 0.145 e. The predicted octanol–water partition coefficient (Wildman–Crippen LogP) is 3.89. The molecule has 0 fully saturated rings. The highest BCUT2D eigenvalue weighted by Gasteiger charge is 2.20. The molecule has 0 atom stereocenters. The number of nitrogens with zero attached hydrogens (tertiary/aromatic N) is 3. The minimum atomic E-state index is -0.446. The van der Waals surface area contributed by atoms with Crippen molar-refractivity contribution in [1.29, 1.82) is 5.26 Å². The lowest BCUT2D eigenvalue weighted by atomic mass is 10.1. The summed E-state index contributed by atoms with van der Waals surface area (Å²) in [7, 11) is 0. The van der Waals surface area contributed by atoms with E-state index < -0.39 is 5.82 Å². The molecule has 0 aliphatic carbocycles. The SMILES string of the molecule is N#Cc1c(-c2ccccc2F)nn(-c2cccc(Br)c2)c1N. The van der Waals surface area contributed by atoms with E-state index >= 15 is 0 Å². The second kappa shape index (κ2) is 5.62. The van der Waals surface area contributed by atoms with Crippen molar-refractivity contribution in [3.05, 3.63) is 64.4 Å². The van der Waals surface area contributed by atoms with Crippen molar-refractivity contribution in [1.82, 2.24) is 9.78 Å². The van der Waals surface area contributed by atoms with E-state index in [4.69, 9.17) is 5.73 Å². The predicted molar refractivity (Wildman–Crippen MR) is 85.8 cm³/mol. The average Bonchev–Trinajstić information content (AvgIpc) is 2.84. The van der Waals surface area contributed by atoms with Gasteiger partial charge in [0.15, 0.2) is 0 Å². The molecule has 108 valence electrons. The van der Waals surface area contributed by atoms with Gasteiger partial charge in [0, 0.05) is 10.0 Å². The molecule has 0 saturated carbocycles. The first-order valence-corrected chi connectivity index (χ1v) is 7.20. The van der Waals surface area contributed by atoms with Crippen molar-refractivity contribution >= 4 is 21.7 Å². The quantitative estimate of drug-likeness (QED) is 0.757. The summed E-state index contributed by atoms with van der Waals surface area (Å²) < 4.78 is 16.3. The van der Waals surface area contributed by atoms with Crippen LogP contribution in [0.4, 0.5) is 10.2 Å². The fourth-order valence-electron chi connectivity index (χ4n) is 2.19. The molecular weight excluding hydrogens is 347 g/mol. The fraction of sp³-hybridized carbons (Fsp3) is 0. The van der Waals surface area contributed by atoms with Gasteiger partial charge >= 0.3 is 0 Å². The van der Waals surface area contributed by atoms with Crippen LogP contribution in [0.3, 0.4) is 0 Å². The molecule has 0 spiro atoms. The van der Waals surface area contributed by atoms with Crippen molar-refractivity contribution < 1.29 is 4.39 Å². The van der Waals surface area contributed by atoms with Crippen LogP contribution < -0.4 is 5.73 Å². The number of aromatic nitrogens is 2. The third-order valence-electron chi connectivity index (χ3n) is 3.21. The minimum Gasteiger partial charge on any atom is -0.382 e. The molecule has 0 bridgehead atoms. The number of halogens is 2. The number of anilines is 1. The van der Waals surface area contributed by atoms with Gasteiger partial charge in [-0.3, -0.25) is 0 Å². The molecule has 22 heavy (non-hydrogen) atoms. The average molecular weight is 357 g/mol. The Labute approximate surface area is 134 Å². The molecule has 0 radical (unpaired) electrons. The van der Waals surface area contributed by atoms with Crippen molar-refractivity contribution in [3.8, 4) is 23.0 Å². The van der Waals surface area contributed by atoms with Gasteiger partial charge in [0.2, 0.25) is 0 Å². The molecule has 6 heteroatoms. The Kier molecular flexibility index (Phi) is 3.65. The molecule has 2 N–H and O–H groups in total. The first-order valence-electron chi connectivity index (χ1n) is 6.41. The van der Waals surface area contributed by atoms with Gasteiger partial charge in [0.25, 0.3) is 0 Å². The molecule has 0 saturated heterocycles. The Morgan fingerprint density at radius 2 is 1.95 bits per heavy atom. The van der Waals surface area contributed by atoms with E-state index in [1.165, 1.54) is 10.7 Å². The van der Waals surface area contributed by atoms with Crippen LogP contribution in [-0.4, -0.2) is 9.78 Å². The summed E-state index contributed by atoms with van der Waals surface area (Å²) in [4.78, 5) is 0. The maximum absolute atomic E-state index is 14.0.